The van der Waals surface area contributed by atoms with Gasteiger partial charge in [0.1, 0.15) is 12.4 Å². The van der Waals surface area contributed by atoms with Crippen LogP contribution in [0.2, 0.25) is 0 Å². The van der Waals surface area contributed by atoms with E-state index in [1.54, 1.807) is 17.7 Å². The maximum absolute atomic E-state index is 10.9. The molecule has 6 heteroatoms. The first-order valence-electron chi connectivity index (χ1n) is 5.85. The van der Waals surface area contributed by atoms with E-state index < -0.39 is 5.97 Å². The summed E-state index contributed by atoms with van der Waals surface area (Å²) >= 11 is 0. The van der Waals surface area contributed by atoms with Crippen LogP contribution in [0.3, 0.4) is 0 Å². The first-order chi connectivity index (χ1) is 9.11. The number of benzene rings is 1. The summed E-state index contributed by atoms with van der Waals surface area (Å²) in [5.74, 6) is -0.368. The lowest BCUT2D eigenvalue weighted by Crippen LogP contribution is -2.10. The van der Waals surface area contributed by atoms with Crippen molar-refractivity contribution >= 4 is 5.97 Å². The van der Waals surface area contributed by atoms with E-state index >= 15 is 0 Å². The highest BCUT2D eigenvalue weighted by Gasteiger charge is 2.11. The monoisotopic (exact) mass is 261 g/mol. The van der Waals surface area contributed by atoms with Crippen molar-refractivity contribution in [3.8, 4) is 11.4 Å². The number of rotatable bonds is 5. The van der Waals surface area contributed by atoms with Gasteiger partial charge in [0.05, 0.1) is 5.69 Å². The van der Waals surface area contributed by atoms with Gasteiger partial charge in [0.2, 0.25) is 0 Å². The van der Waals surface area contributed by atoms with Crippen molar-refractivity contribution in [2.45, 2.75) is 6.92 Å². The maximum Gasteiger partial charge on any atom is 0.356 e. The van der Waals surface area contributed by atoms with Gasteiger partial charge in [0.25, 0.3) is 0 Å². The van der Waals surface area contributed by atoms with Crippen molar-refractivity contribution in [3.63, 3.8) is 0 Å². The average molecular weight is 261 g/mol. The molecule has 6 nitrogen and oxygen atoms in total. The molecule has 1 aromatic carbocycles. The molecule has 2 aromatic rings. The molecule has 1 aromatic heterocycles. The lowest BCUT2D eigenvalue weighted by Gasteiger charge is -2.08. The zero-order chi connectivity index (χ0) is 13.8. The lowest BCUT2D eigenvalue weighted by atomic mass is 10.3. The van der Waals surface area contributed by atoms with Crippen molar-refractivity contribution in [3.05, 3.63) is 41.7 Å². The Hall–Kier alpha value is -2.34. The standard InChI is InChI=1S/C13H15N3O3/c1-9-7-12(13(17)18)15-16(9)10-3-2-4-11(8-10)19-6-5-14/h2-4,7-8H,5-6,14H2,1H3,(H,17,18). The molecule has 19 heavy (non-hydrogen) atoms. The molecule has 0 aliphatic rings. The Morgan fingerprint density at radius 1 is 1.47 bits per heavy atom. The largest absolute Gasteiger partial charge is 0.492 e. The van der Waals surface area contributed by atoms with Crippen molar-refractivity contribution in [2.24, 2.45) is 5.73 Å². The normalized spacial score (nSPS) is 10.4. The van der Waals surface area contributed by atoms with Crippen LogP contribution in [-0.4, -0.2) is 34.0 Å². The number of hydrogen-bond donors (Lipinski definition) is 2. The second-order valence-electron chi connectivity index (χ2n) is 4.02. The van der Waals surface area contributed by atoms with Crippen LogP contribution in [0.15, 0.2) is 30.3 Å². The first kappa shape index (κ1) is 13.1. The summed E-state index contributed by atoms with van der Waals surface area (Å²) in [5.41, 5.74) is 6.89. The predicted octanol–water partition coefficient (Wildman–Crippen LogP) is 1.22. The fraction of sp³-hybridized carbons (Fsp3) is 0.231. The first-order valence-corrected chi connectivity index (χ1v) is 5.85. The van der Waals surface area contributed by atoms with E-state index in [1.807, 2.05) is 18.2 Å². The van der Waals surface area contributed by atoms with Crippen LogP contribution in [-0.2, 0) is 0 Å². The average Bonchev–Trinajstić information content (AvgIpc) is 2.79. The molecule has 1 heterocycles. The number of ether oxygens (including phenoxy) is 1. The van der Waals surface area contributed by atoms with Gasteiger partial charge in [-0.1, -0.05) is 6.07 Å². The molecule has 0 fully saturated rings. The molecule has 0 saturated heterocycles. The Balaban J connectivity index is 2.33. The topological polar surface area (TPSA) is 90.4 Å². The molecule has 0 aliphatic heterocycles. The highest BCUT2D eigenvalue weighted by atomic mass is 16.5. The van der Waals surface area contributed by atoms with E-state index in [4.69, 9.17) is 15.6 Å². The molecule has 3 N–H and O–H groups in total. The highest BCUT2D eigenvalue weighted by Crippen LogP contribution is 2.18. The lowest BCUT2D eigenvalue weighted by molar-refractivity contribution is 0.0690. The second-order valence-corrected chi connectivity index (χ2v) is 4.02. The molecule has 0 spiro atoms. The molecule has 0 radical (unpaired) electrons. The summed E-state index contributed by atoms with van der Waals surface area (Å²) < 4.78 is 7.00. The van der Waals surface area contributed by atoms with Crippen LogP contribution in [0.5, 0.6) is 5.75 Å². The van der Waals surface area contributed by atoms with Crippen molar-refractivity contribution in [2.75, 3.05) is 13.2 Å². The van der Waals surface area contributed by atoms with Crippen molar-refractivity contribution in [1.82, 2.24) is 9.78 Å². The molecule has 0 amide bonds. The molecular formula is C13H15N3O3. The SMILES string of the molecule is Cc1cc(C(=O)O)nn1-c1cccc(OCCN)c1. The minimum atomic E-state index is -1.04. The van der Waals surface area contributed by atoms with Gasteiger partial charge in [-0.15, -0.1) is 0 Å². The predicted molar refractivity (Wildman–Crippen MR) is 69.8 cm³/mol. The third-order valence-corrected chi connectivity index (χ3v) is 2.56. The summed E-state index contributed by atoms with van der Waals surface area (Å²) in [6.45, 7) is 2.67. The zero-order valence-electron chi connectivity index (χ0n) is 10.5. The van der Waals surface area contributed by atoms with Gasteiger partial charge in [0.15, 0.2) is 5.69 Å². The van der Waals surface area contributed by atoms with Crippen LogP contribution < -0.4 is 10.5 Å². The van der Waals surface area contributed by atoms with Gasteiger partial charge < -0.3 is 15.6 Å². The molecule has 0 saturated carbocycles. The Kier molecular flexibility index (Phi) is 3.82. The zero-order valence-corrected chi connectivity index (χ0v) is 10.5. The number of carboxylic acid groups (broad SMARTS) is 1. The summed E-state index contributed by atoms with van der Waals surface area (Å²) in [6, 6.07) is 8.79. The van der Waals surface area contributed by atoms with E-state index in [-0.39, 0.29) is 5.69 Å². The molecule has 2 rings (SSSR count). The number of carbonyl (C=O) groups is 1. The van der Waals surface area contributed by atoms with E-state index in [0.29, 0.717) is 18.9 Å². The van der Waals surface area contributed by atoms with Crippen LogP contribution in [0.1, 0.15) is 16.2 Å². The van der Waals surface area contributed by atoms with Crippen LogP contribution >= 0.6 is 0 Å². The quantitative estimate of drug-likeness (QED) is 0.844. The van der Waals surface area contributed by atoms with Gasteiger partial charge in [0, 0.05) is 18.3 Å². The van der Waals surface area contributed by atoms with E-state index in [0.717, 1.165) is 11.4 Å². The summed E-state index contributed by atoms with van der Waals surface area (Å²) in [5, 5.41) is 13.0. The van der Waals surface area contributed by atoms with E-state index in [9.17, 15) is 4.79 Å². The third-order valence-electron chi connectivity index (χ3n) is 2.56. The van der Waals surface area contributed by atoms with Crippen LogP contribution in [0, 0.1) is 6.92 Å². The Bertz CT molecular complexity index is 593. The Labute approximate surface area is 110 Å². The van der Waals surface area contributed by atoms with Crippen molar-refractivity contribution in [1.29, 1.82) is 0 Å². The van der Waals surface area contributed by atoms with Crippen molar-refractivity contribution < 1.29 is 14.6 Å². The molecule has 0 bridgehead atoms. The number of aromatic carboxylic acids is 1. The van der Waals surface area contributed by atoms with Gasteiger partial charge in [-0.2, -0.15) is 5.10 Å². The van der Waals surface area contributed by atoms with Crippen LogP contribution in [0.4, 0.5) is 0 Å². The summed E-state index contributed by atoms with van der Waals surface area (Å²) in [7, 11) is 0. The third kappa shape index (κ3) is 2.92. The number of nitrogens with two attached hydrogens (primary N) is 1. The number of nitrogens with zero attached hydrogens (tertiary/aromatic N) is 2. The Morgan fingerprint density at radius 3 is 2.89 bits per heavy atom. The minimum absolute atomic E-state index is 0.0192. The van der Waals surface area contributed by atoms with Gasteiger partial charge in [-0.3, -0.25) is 0 Å². The molecular weight excluding hydrogens is 246 g/mol. The Morgan fingerprint density at radius 2 is 2.26 bits per heavy atom. The molecule has 0 atom stereocenters. The van der Waals surface area contributed by atoms with E-state index in [1.165, 1.54) is 6.07 Å². The molecule has 100 valence electrons. The van der Waals surface area contributed by atoms with E-state index in [2.05, 4.69) is 5.10 Å². The minimum Gasteiger partial charge on any atom is -0.492 e. The van der Waals surface area contributed by atoms with Gasteiger partial charge >= 0.3 is 5.97 Å². The molecule has 0 unspecified atom stereocenters. The number of aryl methyl sites for hydroxylation is 1. The van der Waals surface area contributed by atoms with Gasteiger partial charge in [-0.25, -0.2) is 9.48 Å². The number of hydrogen-bond acceptors (Lipinski definition) is 4. The fourth-order valence-electron chi connectivity index (χ4n) is 1.72. The molecule has 0 aliphatic carbocycles. The summed E-state index contributed by atoms with van der Waals surface area (Å²) in [6.07, 6.45) is 0. The fourth-order valence-corrected chi connectivity index (χ4v) is 1.72. The number of carboxylic acids is 1. The maximum atomic E-state index is 10.9. The number of aromatic nitrogens is 2. The van der Waals surface area contributed by atoms with Crippen LogP contribution in [0.25, 0.3) is 5.69 Å². The van der Waals surface area contributed by atoms with Gasteiger partial charge in [-0.05, 0) is 25.1 Å². The smallest absolute Gasteiger partial charge is 0.356 e. The highest BCUT2D eigenvalue weighted by molar-refractivity contribution is 5.85. The second kappa shape index (κ2) is 5.53. The summed E-state index contributed by atoms with van der Waals surface area (Å²) in [4.78, 5) is 10.9.